The van der Waals surface area contributed by atoms with Gasteiger partial charge in [0.25, 0.3) is 0 Å². The number of carbonyl (C=O) groups excluding carboxylic acids is 1. The largest absolute Gasteiger partial charge is 0.465 e. The number of aryl methyl sites for hydroxylation is 2. The van der Waals surface area contributed by atoms with Crippen LogP contribution in [0.1, 0.15) is 17.5 Å². The first kappa shape index (κ1) is 16.9. The minimum absolute atomic E-state index is 0.153. The zero-order chi connectivity index (χ0) is 18.1. The third kappa shape index (κ3) is 3.40. The first-order valence-electron chi connectivity index (χ1n) is 8.67. The summed E-state index contributed by atoms with van der Waals surface area (Å²) in [7, 11) is 0. The maximum Gasteiger partial charge on any atom is 0.319 e. The number of esters is 1. The Labute approximate surface area is 157 Å². The van der Waals surface area contributed by atoms with E-state index >= 15 is 0 Å². The molecule has 1 aliphatic rings. The number of hydrogen-bond acceptors (Lipinski definition) is 4. The number of cyclic esters (lactones) is 1. The molecular formula is C21H20N2O2S. The molecule has 0 radical (unpaired) electrons. The van der Waals surface area contributed by atoms with Crippen LogP contribution in [0, 0.1) is 13.8 Å². The third-order valence-electron chi connectivity index (χ3n) is 4.49. The van der Waals surface area contributed by atoms with Gasteiger partial charge in [-0.15, -0.1) is 0 Å². The zero-order valence-corrected chi connectivity index (χ0v) is 15.6. The first-order valence-corrected chi connectivity index (χ1v) is 9.55. The first-order chi connectivity index (χ1) is 12.6. The number of hydrogen-bond donors (Lipinski definition) is 1. The van der Waals surface area contributed by atoms with Crippen LogP contribution < -0.4 is 0 Å². The van der Waals surface area contributed by atoms with Gasteiger partial charge in [0, 0.05) is 17.5 Å². The number of rotatable bonds is 4. The minimum atomic E-state index is -0.183. The van der Waals surface area contributed by atoms with Gasteiger partial charge in [0.05, 0.1) is 18.0 Å². The predicted molar refractivity (Wildman–Crippen MR) is 104 cm³/mol. The normalized spacial score (nSPS) is 16.7. The molecule has 26 heavy (non-hydrogen) atoms. The molecular weight excluding hydrogens is 344 g/mol. The second-order valence-corrected chi connectivity index (χ2v) is 7.75. The van der Waals surface area contributed by atoms with Crippen LogP contribution in [0.2, 0.25) is 0 Å². The second-order valence-electron chi connectivity index (χ2n) is 6.56. The Bertz CT molecular complexity index is 867. The SMILES string of the molecule is Cc1ccc(-c2nc(SC3CCOC3=O)[nH]c2-c2ccc(C)cc2)cc1. The Morgan fingerprint density at radius 2 is 1.62 bits per heavy atom. The average molecular weight is 364 g/mol. The summed E-state index contributed by atoms with van der Waals surface area (Å²) in [4.78, 5) is 20.0. The molecule has 0 aliphatic carbocycles. The number of carbonyl (C=O) groups is 1. The van der Waals surface area contributed by atoms with Gasteiger partial charge in [0.1, 0.15) is 5.25 Å². The van der Waals surface area contributed by atoms with Gasteiger partial charge in [0.15, 0.2) is 5.16 Å². The highest BCUT2D eigenvalue weighted by molar-refractivity contribution is 8.00. The van der Waals surface area contributed by atoms with Crippen molar-refractivity contribution in [2.75, 3.05) is 6.61 Å². The van der Waals surface area contributed by atoms with Crippen molar-refractivity contribution >= 4 is 17.7 Å². The minimum Gasteiger partial charge on any atom is -0.465 e. The van der Waals surface area contributed by atoms with Crippen LogP contribution in [0.3, 0.4) is 0 Å². The Hall–Kier alpha value is -2.53. The van der Waals surface area contributed by atoms with E-state index in [0.717, 1.165) is 34.1 Å². The lowest BCUT2D eigenvalue weighted by molar-refractivity contribution is -0.137. The molecule has 1 aromatic heterocycles. The quantitative estimate of drug-likeness (QED) is 0.678. The summed E-state index contributed by atoms with van der Waals surface area (Å²) in [5, 5.41) is 0.567. The van der Waals surface area contributed by atoms with Crippen molar-refractivity contribution in [2.45, 2.75) is 30.7 Å². The van der Waals surface area contributed by atoms with E-state index in [-0.39, 0.29) is 11.2 Å². The van der Waals surface area contributed by atoms with Gasteiger partial charge in [-0.05, 0) is 13.8 Å². The summed E-state index contributed by atoms with van der Waals surface area (Å²) in [5.41, 5.74) is 6.45. The van der Waals surface area contributed by atoms with Crippen LogP contribution in [-0.2, 0) is 9.53 Å². The average Bonchev–Trinajstić information content (AvgIpc) is 3.23. The van der Waals surface area contributed by atoms with E-state index in [1.54, 1.807) is 0 Å². The van der Waals surface area contributed by atoms with Crippen molar-refractivity contribution in [3.63, 3.8) is 0 Å². The summed E-state index contributed by atoms with van der Waals surface area (Å²) in [6, 6.07) is 16.7. The number of H-pyrrole nitrogens is 1. The molecule has 0 spiro atoms. The van der Waals surface area contributed by atoms with E-state index in [9.17, 15) is 4.79 Å². The summed E-state index contributed by atoms with van der Waals surface area (Å²) >= 11 is 1.45. The number of benzene rings is 2. The Morgan fingerprint density at radius 1 is 1.00 bits per heavy atom. The number of ether oxygens (including phenoxy) is 1. The molecule has 1 aliphatic heterocycles. The van der Waals surface area contributed by atoms with Crippen LogP contribution in [-0.4, -0.2) is 27.8 Å². The molecule has 4 nitrogen and oxygen atoms in total. The van der Waals surface area contributed by atoms with Crippen molar-refractivity contribution in [2.24, 2.45) is 0 Å². The second kappa shape index (κ2) is 7.00. The Morgan fingerprint density at radius 3 is 2.19 bits per heavy atom. The molecule has 1 N–H and O–H groups in total. The van der Waals surface area contributed by atoms with Gasteiger partial charge >= 0.3 is 5.97 Å². The number of imidazole rings is 1. The van der Waals surface area contributed by atoms with E-state index in [4.69, 9.17) is 9.72 Å². The molecule has 0 amide bonds. The summed E-state index contributed by atoms with van der Waals surface area (Å²) in [6.07, 6.45) is 0.726. The molecule has 1 saturated heterocycles. The van der Waals surface area contributed by atoms with Crippen molar-refractivity contribution in [3.8, 4) is 22.5 Å². The number of aromatic nitrogens is 2. The van der Waals surface area contributed by atoms with Crippen LogP contribution in [0.15, 0.2) is 53.7 Å². The van der Waals surface area contributed by atoms with Gasteiger partial charge in [-0.2, -0.15) is 0 Å². The smallest absolute Gasteiger partial charge is 0.319 e. The highest BCUT2D eigenvalue weighted by Gasteiger charge is 2.29. The maximum absolute atomic E-state index is 11.8. The molecule has 1 unspecified atom stereocenters. The van der Waals surface area contributed by atoms with Gasteiger partial charge in [0.2, 0.25) is 0 Å². The highest BCUT2D eigenvalue weighted by atomic mass is 32.2. The number of nitrogens with one attached hydrogen (secondary N) is 1. The lowest BCUT2D eigenvalue weighted by Crippen LogP contribution is -2.09. The van der Waals surface area contributed by atoms with E-state index in [2.05, 4.69) is 67.4 Å². The summed E-state index contributed by atoms with van der Waals surface area (Å²) in [6.45, 7) is 4.64. The fourth-order valence-corrected chi connectivity index (χ4v) is 3.93. The molecule has 132 valence electrons. The van der Waals surface area contributed by atoms with E-state index in [0.29, 0.717) is 6.61 Å². The molecule has 1 fully saturated rings. The molecule has 2 aromatic carbocycles. The van der Waals surface area contributed by atoms with Crippen molar-refractivity contribution in [1.82, 2.24) is 9.97 Å². The monoisotopic (exact) mass is 364 g/mol. The van der Waals surface area contributed by atoms with Crippen LogP contribution in [0.4, 0.5) is 0 Å². The zero-order valence-electron chi connectivity index (χ0n) is 14.8. The fourth-order valence-electron chi connectivity index (χ4n) is 2.98. The molecule has 4 rings (SSSR count). The van der Waals surface area contributed by atoms with Crippen LogP contribution >= 0.6 is 11.8 Å². The number of aromatic amines is 1. The standard InChI is InChI=1S/C21H20N2O2S/c1-13-3-7-15(8-4-13)18-19(16-9-5-14(2)6-10-16)23-21(22-18)26-17-11-12-25-20(17)24/h3-10,17H,11-12H2,1-2H3,(H,22,23). The molecule has 2 heterocycles. The van der Waals surface area contributed by atoms with Gasteiger partial charge in [-0.3, -0.25) is 4.79 Å². The van der Waals surface area contributed by atoms with E-state index in [1.165, 1.54) is 22.9 Å². The summed E-state index contributed by atoms with van der Waals surface area (Å²) in [5.74, 6) is -0.153. The van der Waals surface area contributed by atoms with Gasteiger partial charge in [-0.25, -0.2) is 4.98 Å². The number of thioether (sulfide) groups is 1. The van der Waals surface area contributed by atoms with Crippen molar-refractivity contribution < 1.29 is 9.53 Å². The van der Waals surface area contributed by atoms with Crippen molar-refractivity contribution in [3.05, 3.63) is 59.7 Å². The Balaban J connectivity index is 1.75. The number of nitrogens with zero attached hydrogens (tertiary/aromatic N) is 1. The van der Waals surface area contributed by atoms with E-state index < -0.39 is 0 Å². The van der Waals surface area contributed by atoms with Gasteiger partial charge in [-0.1, -0.05) is 71.4 Å². The molecule has 0 saturated carbocycles. The van der Waals surface area contributed by atoms with Crippen LogP contribution in [0.25, 0.3) is 22.5 Å². The lowest BCUT2D eigenvalue weighted by Gasteiger charge is -2.04. The predicted octanol–water partition coefficient (Wildman–Crippen LogP) is 4.77. The molecule has 0 bridgehead atoms. The summed E-state index contributed by atoms with van der Waals surface area (Å²) < 4.78 is 5.07. The molecule has 5 heteroatoms. The van der Waals surface area contributed by atoms with E-state index in [1.807, 2.05) is 0 Å². The van der Waals surface area contributed by atoms with Crippen molar-refractivity contribution in [1.29, 1.82) is 0 Å². The fraction of sp³-hybridized carbons (Fsp3) is 0.238. The molecule has 1 atom stereocenters. The van der Waals surface area contributed by atoms with Crippen LogP contribution in [0.5, 0.6) is 0 Å². The molecule has 3 aromatic rings. The lowest BCUT2D eigenvalue weighted by atomic mass is 10.0. The third-order valence-corrected chi connectivity index (χ3v) is 5.62. The topological polar surface area (TPSA) is 55.0 Å². The maximum atomic E-state index is 11.8. The Kier molecular flexibility index (Phi) is 4.55. The highest BCUT2D eigenvalue weighted by Crippen LogP contribution is 2.35. The van der Waals surface area contributed by atoms with Gasteiger partial charge < -0.3 is 9.72 Å².